The topological polar surface area (TPSA) is 71.1 Å². The third kappa shape index (κ3) is 4.12. The van der Waals surface area contributed by atoms with Crippen molar-refractivity contribution in [2.45, 2.75) is 6.18 Å². The van der Waals surface area contributed by atoms with Gasteiger partial charge in [-0.05, 0) is 36.4 Å². The number of hydrogen-bond donors (Lipinski definition) is 0. The third-order valence-electron chi connectivity index (χ3n) is 5.67. The molecule has 4 aromatic rings. The number of amides is 2. The van der Waals surface area contributed by atoms with Crippen LogP contribution in [0.4, 0.5) is 23.2 Å². The fourth-order valence-corrected chi connectivity index (χ4v) is 4.19. The normalized spacial score (nSPS) is 14.7. The summed E-state index contributed by atoms with van der Waals surface area (Å²) in [7, 11) is 0. The molecule has 0 aliphatic carbocycles. The fraction of sp³-hybridized carbons (Fsp3) is 0.174. The number of piperazine rings is 1. The first kappa shape index (κ1) is 22.9. The van der Waals surface area contributed by atoms with Gasteiger partial charge in [0.2, 0.25) is 5.91 Å². The molecule has 0 saturated carbocycles. The van der Waals surface area contributed by atoms with Crippen LogP contribution in [-0.4, -0.2) is 45.7 Å². The molecular formula is C23H15ClF4N4O3. The molecule has 7 nitrogen and oxygen atoms in total. The number of hydrogen-bond acceptors (Lipinski definition) is 4. The Hall–Kier alpha value is -3.86. The lowest BCUT2D eigenvalue weighted by Crippen LogP contribution is -2.52. The van der Waals surface area contributed by atoms with E-state index in [2.05, 4.69) is 4.98 Å². The van der Waals surface area contributed by atoms with Crippen LogP contribution in [-0.2, 0) is 11.0 Å². The molecule has 3 aromatic heterocycles. The highest BCUT2D eigenvalue weighted by Crippen LogP contribution is 2.37. The van der Waals surface area contributed by atoms with Crippen molar-refractivity contribution in [2.75, 3.05) is 24.5 Å². The number of furan rings is 1. The smallest absolute Gasteiger partial charge is 0.420 e. The monoisotopic (exact) mass is 506 g/mol. The number of carbonyl (C=O) groups excluding carboxylic acids is 2. The minimum absolute atomic E-state index is 0.0819. The summed E-state index contributed by atoms with van der Waals surface area (Å²) in [5.74, 6) is -1.66. The van der Waals surface area contributed by atoms with E-state index >= 15 is 0 Å². The molecule has 2 amide bonds. The van der Waals surface area contributed by atoms with Crippen molar-refractivity contribution < 1.29 is 31.6 Å². The Kier molecular flexibility index (Phi) is 5.51. The van der Waals surface area contributed by atoms with Gasteiger partial charge in [-0.2, -0.15) is 13.2 Å². The maximum absolute atomic E-state index is 13.8. The summed E-state index contributed by atoms with van der Waals surface area (Å²) in [5, 5.41) is -0.311. The number of alkyl halides is 3. The number of aromatic nitrogens is 2. The van der Waals surface area contributed by atoms with Gasteiger partial charge in [-0.15, -0.1) is 0 Å². The number of pyridine rings is 1. The lowest BCUT2D eigenvalue weighted by molar-refractivity contribution is -0.136. The first-order valence-corrected chi connectivity index (χ1v) is 10.7. The summed E-state index contributed by atoms with van der Waals surface area (Å²) in [6.07, 6.45) is -0.837. The molecule has 0 atom stereocenters. The second-order valence-electron chi connectivity index (χ2n) is 7.85. The number of halogens is 5. The summed E-state index contributed by atoms with van der Waals surface area (Å²) in [6.45, 7) is -0.148. The number of anilines is 1. The van der Waals surface area contributed by atoms with Crippen LogP contribution >= 0.6 is 11.6 Å². The molecule has 12 heteroatoms. The van der Waals surface area contributed by atoms with E-state index in [0.717, 1.165) is 10.5 Å². The molecule has 0 spiro atoms. The lowest BCUT2D eigenvalue weighted by Gasteiger charge is -2.34. The molecule has 4 heterocycles. The highest BCUT2D eigenvalue weighted by molar-refractivity contribution is 6.33. The van der Waals surface area contributed by atoms with Gasteiger partial charge in [-0.3, -0.25) is 14.0 Å². The molecule has 0 bridgehead atoms. The largest absolute Gasteiger partial charge is 0.472 e. The number of benzene rings is 1. The van der Waals surface area contributed by atoms with Crippen LogP contribution in [0.15, 0.2) is 59.5 Å². The Morgan fingerprint density at radius 2 is 1.83 bits per heavy atom. The molecule has 1 aromatic carbocycles. The standard InChI is InChI=1S/C23H15ClF4N4O3/c24-20-19(22(34)30-6-7-31(18(33)11-30)16-3-1-15(25)2-4-16)29-21-17(23(26,27)28)9-14(10-32(20)21)13-5-8-35-12-13/h1-5,8-10,12H,6-7,11H2. The second-order valence-corrected chi connectivity index (χ2v) is 8.20. The van der Waals surface area contributed by atoms with E-state index in [1.807, 2.05) is 0 Å². The Morgan fingerprint density at radius 1 is 1.09 bits per heavy atom. The predicted molar refractivity (Wildman–Crippen MR) is 118 cm³/mol. The van der Waals surface area contributed by atoms with Crippen LogP contribution in [0.25, 0.3) is 16.8 Å². The van der Waals surface area contributed by atoms with Crippen molar-refractivity contribution in [1.82, 2.24) is 14.3 Å². The van der Waals surface area contributed by atoms with Gasteiger partial charge in [0.1, 0.15) is 17.5 Å². The molecular weight excluding hydrogens is 492 g/mol. The molecule has 5 rings (SSSR count). The highest BCUT2D eigenvalue weighted by atomic mass is 35.5. The van der Waals surface area contributed by atoms with Crippen molar-refractivity contribution in [2.24, 2.45) is 0 Å². The van der Waals surface area contributed by atoms with Crippen LogP contribution in [0, 0.1) is 5.82 Å². The van der Waals surface area contributed by atoms with Crippen molar-refractivity contribution in [3.05, 3.63) is 77.3 Å². The van der Waals surface area contributed by atoms with Gasteiger partial charge in [0.15, 0.2) is 11.3 Å². The highest BCUT2D eigenvalue weighted by Gasteiger charge is 2.37. The van der Waals surface area contributed by atoms with Gasteiger partial charge in [0, 0.05) is 36.1 Å². The molecule has 1 aliphatic heterocycles. The lowest BCUT2D eigenvalue weighted by atomic mass is 10.1. The molecule has 1 aliphatic rings. The minimum atomic E-state index is -4.77. The Labute approximate surface area is 200 Å². The van der Waals surface area contributed by atoms with Gasteiger partial charge in [0.05, 0.1) is 18.1 Å². The molecule has 1 fully saturated rings. The summed E-state index contributed by atoms with van der Waals surface area (Å²) in [5.41, 5.74) is -0.985. The van der Waals surface area contributed by atoms with Crippen molar-refractivity contribution in [3.8, 4) is 11.1 Å². The average molecular weight is 507 g/mol. The summed E-state index contributed by atoms with van der Waals surface area (Å²) in [6, 6.07) is 7.71. The molecule has 0 N–H and O–H groups in total. The van der Waals surface area contributed by atoms with E-state index in [1.165, 1.54) is 58.9 Å². The van der Waals surface area contributed by atoms with E-state index in [-0.39, 0.29) is 30.4 Å². The van der Waals surface area contributed by atoms with Gasteiger partial charge >= 0.3 is 6.18 Å². The van der Waals surface area contributed by atoms with E-state index in [1.54, 1.807) is 0 Å². The molecule has 0 unspecified atom stereocenters. The van der Waals surface area contributed by atoms with Crippen LogP contribution in [0.3, 0.4) is 0 Å². The SMILES string of the molecule is O=C(c1nc2c(C(F)(F)F)cc(-c3ccoc3)cn2c1Cl)N1CCN(c2ccc(F)cc2)C(=O)C1. The first-order valence-electron chi connectivity index (χ1n) is 10.3. The van der Waals surface area contributed by atoms with E-state index in [4.69, 9.17) is 16.0 Å². The zero-order valence-corrected chi connectivity index (χ0v) is 18.5. The Bertz CT molecular complexity index is 1430. The number of imidazole rings is 1. The first-order chi connectivity index (χ1) is 16.6. The van der Waals surface area contributed by atoms with E-state index in [9.17, 15) is 27.2 Å². The average Bonchev–Trinajstić information content (AvgIpc) is 3.47. The number of carbonyl (C=O) groups is 2. The minimum Gasteiger partial charge on any atom is -0.472 e. The van der Waals surface area contributed by atoms with Crippen molar-refractivity contribution in [3.63, 3.8) is 0 Å². The number of fused-ring (bicyclic) bond motifs is 1. The third-order valence-corrected chi connectivity index (χ3v) is 6.03. The summed E-state index contributed by atoms with van der Waals surface area (Å²) in [4.78, 5) is 32.3. The summed E-state index contributed by atoms with van der Waals surface area (Å²) >= 11 is 6.33. The Morgan fingerprint density at radius 3 is 2.46 bits per heavy atom. The van der Waals surface area contributed by atoms with Gasteiger partial charge in [0.25, 0.3) is 5.91 Å². The molecule has 1 saturated heterocycles. The van der Waals surface area contributed by atoms with Crippen molar-refractivity contribution in [1.29, 1.82) is 0 Å². The predicted octanol–water partition coefficient (Wildman–Crippen LogP) is 4.89. The zero-order valence-electron chi connectivity index (χ0n) is 17.7. The maximum atomic E-state index is 13.8. The van der Waals surface area contributed by atoms with Gasteiger partial charge in [-0.1, -0.05) is 11.6 Å². The second kappa shape index (κ2) is 8.42. The number of nitrogens with zero attached hydrogens (tertiary/aromatic N) is 4. The van der Waals surface area contributed by atoms with E-state index in [0.29, 0.717) is 11.3 Å². The Balaban J connectivity index is 1.48. The maximum Gasteiger partial charge on any atom is 0.420 e. The molecule has 180 valence electrons. The summed E-state index contributed by atoms with van der Waals surface area (Å²) < 4.78 is 60.6. The van der Waals surface area contributed by atoms with Crippen LogP contribution in [0.1, 0.15) is 16.1 Å². The zero-order chi connectivity index (χ0) is 24.9. The van der Waals surface area contributed by atoms with Crippen LogP contribution in [0.5, 0.6) is 0 Å². The van der Waals surface area contributed by atoms with Crippen LogP contribution < -0.4 is 4.90 Å². The van der Waals surface area contributed by atoms with Gasteiger partial charge in [-0.25, -0.2) is 9.37 Å². The molecule has 35 heavy (non-hydrogen) atoms. The quantitative estimate of drug-likeness (QED) is 0.371. The van der Waals surface area contributed by atoms with Crippen LogP contribution in [0.2, 0.25) is 5.15 Å². The van der Waals surface area contributed by atoms with Crippen molar-refractivity contribution >= 4 is 34.7 Å². The molecule has 0 radical (unpaired) electrons. The van der Waals surface area contributed by atoms with E-state index < -0.39 is 40.7 Å². The van der Waals surface area contributed by atoms with Gasteiger partial charge < -0.3 is 14.2 Å². The fourth-order valence-electron chi connectivity index (χ4n) is 3.94. The number of rotatable bonds is 3.